The van der Waals surface area contributed by atoms with Crippen LogP contribution in [-0.4, -0.2) is 30.3 Å². The van der Waals surface area contributed by atoms with Crippen molar-refractivity contribution in [3.05, 3.63) is 36.2 Å². The summed E-state index contributed by atoms with van der Waals surface area (Å²) in [5.74, 6) is 1.19. The SMILES string of the molecule is CC(Sc1nnnn1C1CCCCC1)c1nc(-c2ccccc2)no1. The molecule has 1 saturated carbocycles. The Morgan fingerprint density at radius 1 is 1.16 bits per heavy atom. The zero-order valence-corrected chi connectivity index (χ0v) is 14.9. The van der Waals surface area contributed by atoms with Crippen molar-refractivity contribution in [1.82, 2.24) is 30.3 Å². The maximum absolute atomic E-state index is 5.46. The van der Waals surface area contributed by atoms with Crippen molar-refractivity contribution in [2.24, 2.45) is 0 Å². The maximum Gasteiger partial charge on any atom is 0.240 e. The average Bonchev–Trinajstić information content (AvgIpc) is 3.33. The lowest BCUT2D eigenvalue weighted by Crippen LogP contribution is -2.15. The third-order valence-corrected chi connectivity index (χ3v) is 5.52. The Bertz CT molecular complexity index is 811. The van der Waals surface area contributed by atoms with E-state index in [9.17, 15) is 0 Å². The quantitative estimate of drug-likeness (QED) is 0.637. The van der Waals surface area contributed by atoms with Crippen molar-refractivity contribution in [1.29, 1.82) is 0 Å². The number of tetrazole rings is 1. The van der Waals surface area contributed by atoms with E-state index in [4.69, 9.17) is 4.52 Å². The van der Waals surface area contributed by atoms with E-state index in [0.717, 1.165) is 23.6 Å². The molecule has 1 fully saturated rings. The summed E-state index contributed by atoms with van der Waals surface area (Å²) in [4.78, 5) is 4.53. The van der Waals surface area contributed by atoms with Gasteiger partial charge in [-0.1, -0.05) is 66.5 Å². The minimum absolute atomic E-state index is 0.0155. The fourth-order valence-electron chi connectivity index (χ4n) is 3.13. The third-order valence-electron chi connectivity index (χ3n) is 4.49. The summed E-state index contributed by atoms with van der Waals surface area (Å²) in [6.45, 7) is 2.03. The van der Waals surface area contributed by atoms with Crippen LogP contribution in [0.5, 0.6) is 0 Å². The molecule has 1 aliphatic rings. The van der Waals surface area contributed by atoms with Gasteiger partial charge in [-0.2, -0.15) is 4.98 Å². The van der Waals surface area contributed by atoms with Gasteiger partial charge in [0, 0.05) is 5.56 Å². The van der Waals surface area contributed by atoms with E-state index in [1.807, 2.05) is 41.9 Å². The molecule has 1 aromatic carbocycles. The van der Waals surface area contributed by atoms with Gasteiger partial charge >= 0.3 is 0 Å². The predicted molar refractivity (Wildman–Crippen MR) is 93.9 cm³/mol. The van der Waals surface area contributed by atoms with Crippen molar-refractivity contribution >= 4 is 11.8 Å². The fraction of sp³-hybridized carbons (Fsp3) is 0.471. The summed E-state index contributed by atoms with van der Waals surface area (Å²) >= 11 is 1.56. The Morgan fingerprint density at radius 3 is 2.76 bits per heavy atom. The molecule has 0 N–H and O–H groups in total. The molecule has 130 valence electrons. The number of aromatic nitrogens is 6. The topological polar surface area (TPSA) is 82.5 Å². The van der Waals surface area contributed by atoms with Gasteiger partial charge in [-0.25, -0.2) is 4.68 Å². The van der Waals surface area contributed by atoms with Crippen LogP contribution in [0.15, 0.2) is 40.0 Å². The van der Waals surface area contributed by atoms with Crippen LogP contribution in [-0.2, 0) is 0 Å². The summed E-state index contributed by atoms with van der Waals surface area (Å²) in [6.07, 6.45) is 6.09. The first-order chi connectivity index (χ1) is 12.3. The number of nitrogens with zero attached hydrogens (tertiary/aromatic N) is 6. The van der Waals surface area contributed by atoms with Crippen molar-refractivity contribution in [3.8, 4) is 11.4 Å². The number of thioether (sulfide) groups is 1. The minimum atomic E-state index is -0.0155. The molecule has 1 unspecified atom stereocenters. The third kappa shape index (κ3) is 3.58. The van der Waals surface area contributed by atoms with E-state index in [1.54, 1.807) is 11.8 Å². The molecule has 2 aromatic heterocycles. The van der Waals surface area contributed by atoms with Crippen molar-refractivity contribution < 1.29 is 4.52 Å². The largest absolute Gasteiger partial charge is 0.338 e. The first-order valence-electron chi connectivity index (χ1n) is 8.65. The highest BCUT2D eigenvalue weighted by molar-refractivity contribution is 7.99. The maximum atomic E-state index is 5.46. The summed E-state index contributed by atoms with van der Waals surface area (Å²) in [7, 11) is 0. The highest BCUT2D eigenvalue weighted by atomic mass is 32.2. The molecule has 1 atom stereocenters. The zero-order chi connectivity index (χ0) is 17.1. The van der Waals surface area contributed by atoms with Gasteiger partial charge in [0.1, 0.15) is 0 Å². The molecule has 4 rings (SSSR count). The van der Waals surface area contributed by atoms with Gasteiger partial charge in [0.15, 0.2) is 0 Å². The Kier molecular flexibility index (Phi) is 4.78. The lowest BCUT2D eigenvalue weighted by molar-refractivity contribution is 0.307. The van der Waals surface area contributed by atoms with Crippen LogP contribution >= 0.6 is 11.8 Å². The van der Waals surface area contributed by atoms with Crippen molar-refractivity contribution in [2.75, 3.05) is 0 Å². The predicted octanol–water partition coefficient (Wildman–Crippen LogP) is 4.08. The summed E-state index contributed by atoms with van der Waals surface area (Å²) in [6, 6.07) is 10.2. The number of rotatable bonds is 5. The smallest absolute Gasteiger partial charge is 0.240 e. The Morgan fingerprint density at radius 2 is 1.96 bits per heavy atom. The summed E-state index contributed by atoms with van der Waals surface area (Å²) in [5.41, 5.74) is 0.946. The normalized spacial score (nSPS) is 16.8. The average molecular weight is 356 g/mol. The van der Waals surface area contributed by atoms with Gasteiger partial charge in [0.25, 0.3) is 0 Å². The first kappa shape index (κ1) is 16.3. The highest BCUT2D eigenvalue weighted by Crippen LogP contribution is 2.36. The number of benzene rings is 1. The molecular weight excluding hydrogens is 336 g/mol. The molecule has 25 heavy (non-hydrogen) atoms. The molecule has 0 spiro atoms. The molecule has 2 heterocycles. The van der Waals surface area contributed by atoms with Crippen LogP contribution in [0.3, 0.4) is 0 Å². The Labute approximate surface area is 150 Å². The van der Waals surface area contributed by atoms with Crippen molar-refractivity contribution in [2.45, 2.75) is 55.5 Å². The van der Waals surface area contributed by atoms with Crippen LogP contribution in [0.25, 0.3) is 11.4 Å². The molecule has 8 heteroatoms. The van der Waals surface area contributed by atoms with Gasteiger partial charge in [-0.05, 0) is 30.2 Å². The van der Waals surface area contributed by atoms with Gasteiger partial charge in [0.2, 0.25) is 16.9 Å². The zero-order valence-electron chi connectivity index (χ0n) is 14.1. The van der Waals surface area contributed by atoms with E-state index < -0.39 is 0 Å². The van der Waals surface area contributed by atoms with Crippen LogP contribution in [0.4, 0.5) is 0 Å². The van der Waals surface area contributed by atoms with E-state index in [-0.39, 0.29) is 5.25 Å². The van der Waals surface area contributed by atoms with Gasteiger partial charge in [0.05, 0.1) is 11.3 Å². The second kappa shape index (κ2) is 7.35. The molecule has 0 radical (unpaired) electrons. The van der Waals surface area contributed by atoms with Gasteiger partial charge < -0.3 is 4.52 Å². The van der Waals surface area contributed by atoms with Crippen LogP contribution < -0.4 is 0 Å². The standard InChI is InChI=1S/C17H20N6OS/c1-12(16-18-15(20-24-16)13-8-4-2-5-9-13)25-17-19-21-22-23(17)14-10-6-3-7-11-14/h2,4-5,8-9,12,14H,3,6-7,10-11H2,1H3. The number of hydrogen-bond acceptors (Lipinski definition) is 7. The second-order valence-electron chi connectivity index (χ2n) is 6.28. The van der Waals surface area contributed by atoms with Gasteiger partial charge in [-0.3, -0.25) is 0 Å². The fourth-order valence-corrected chi connectivity index (χ4v) is 4.02. The van der Waals surface area contributed by atoms with E-state index in [1.165, 1.54) is 19.3 Å². The minimum Gasteiger partial charge on any atom is -0.338 e. The molecule has 7 nitrogen and oxygen atoms in total. The summed E-state index contributed by atoms with van der Waals surface area (Å²) < 4.78 is 7.42. The highest BCUT2D eigenvalue weighted by Gasteiger charge is 2.24. The monoisotopic (exact) mass is 356 g/mol. The summed E-state index contributed by atoms with van der Waals surface area (Å²) in [5, 5.41) is 17.2. The molecule has 0 aliphatic heterocycles. The molecule has 0 amide bonds. The lowest BCUT2D eigenvalue weighted by Gasteiger charge is -2.22. The lowest BCUT2D eigenvalue weighted by atomic mass is 9.96. The van der Waals surface area contributed by atoms with Crippen LogP contribution in [0.2, 0.25) is 0 Å². The molecule has 0 saturated heterocycles. The molecule has 0 bridgehead atoms. The molecule has 1 aliphatic carbocycles. The first-order valence-corrected chi connectivity index (χ1v) is 9.53. The van der Waals surface area contributed by atoms with E-state index in [0.29, 0.717) is 17.8 Å². The van der Waals surface area contributed by atoms with Crippen LogP contribution in [0, 0.1) is 0 Å². The number of hydrogen-bond donors (Lipinski definition) is 0. The Hall–Kier alpha value is -2.22. The second-order valence-corrected chi connectivity index (χ2v) is 7.59. The van der Waals surface area contributed by atoms with E-state index in [2.05, 4.69) is 25.7 Å². The Balaban J connectivity index is 1.49. The van der Waals surface area contributed by atoms with Gasteiger partial charge in [-0.15, -0.1) is 5.10 Å². The van der Waals surface area contributed by atoms with Crippen LogP contribution in [0.1, 0.15) is 56.2 Å². The molecule has 3 aromatic rings. The van der Waals surface area contributed by atoms with Crippen molar-refractivity contribution in [3.63, 3.8) is 0 Å². The molecular formula is C17H20N6OS. The van der Waals surface area contributed by atoms with E-state index >= 15 is 0 Å².